The minimum atomic E-state index is -1.46. The van der Waals surface area contributed by atoms with Gasteiger partial charge in [-0.1, -0.05) is 0 Å². The van der Waals surface area contributed by atoms with Crippen LogP contribution in [0.3, 0.4) is 0 Å². The summed E-state index contributed by atoms with van der Waals surface area (Å²) in [7, 11) is 0. The number of carbonyl (C=O) groups excluding carboxylic acids is 1. The number of carbonyl (C=O) groups is 3. The smallest absolute Gasteiger partial charge is 0.432 e. The average molecular weight is 319 g/mol. The van der Waals surface area contributed by atoms with Crippen molar-refractivity contribution in [2.24, 2.45) is 0 Å². The summed E-state index contributed by atoms with van der Waals surface area (Å²) in [6.45, 7) is 1.73. The molecule has 10 nitrogen and oxygen atoms in total. The monoisotopic (exact) mass is 319 g/mol. The maximum absolute atomic E-state index is 12.0. The molecule has 0 bridgehead atoms. The van der Waals surface area contributed by atoms with Gasteiger partial charge >= 0.3 is 12.1 Å². The second-order valence-corrected chi connectivity index (χ2v) is 4.62. The summed E-state index contributed by atoms with van der Waals surface area (Å²) in [5.74, 6) is -2.77. The van der Waals surface area contributed by atoms with Gasteiger partial charge in [-0.05, 0) is 18.6 Å². The molecule has 0 aliphatic carbocycles. The fourth-order valence-corrected chi connectivity index (χ4v) is 1.96. The Kier molecular flexibility index (Phi) is 3.14. The van der Waals surface area contributed by atoms with Crippen molar-refractivity contribution in [1.82, 2.24) is 9.78 Å². The maximum atomic E-state index is 12.0. The Morgan fingerprint density at radius 3 is 2.52 bits per heavy atom. The fraction of sp³-hybridized carbons (Fsp3) is 0.0769. The molecule has 0 aliphatic rings. The van der Waals surface area contributed by atoms with E-state index in [1.807, 2.05) is 0 Å². The van der Waals surface area contributed by atoms with E-state index in [1.54, 1.807) is 6.92 Å². The van der Waals surface area contributed by atoms with E-state index in [9.17, 15) is 14.4 Å². The van der Waals surface area contributed by atoms with Crippen molar-refractivity contribution in [1.29, 1.82) is 0 Å². The molecule has 0 unspecified atom stereocenters. The maximum Gasteiger partial charge on any atom is 0.432 e. The van der Waals surface area contributed by atoms with Gasteiger partial charge in [0, 0.05) is 6.07 Å². The van der Waals surface area contributed by atoms with Gasteiger partial charge in [-0.3, -0.25) is 10.1 Å². The van der Waals surface area contributed by atoms with Crippen molar-refractivity contribution >= 4 is 34.9 Å². The number of fused-ring (bicyclic) bond motifs is 1. The Hall–Kier alpha value is -3.56. The average Bonchev–Trinajstić information content (AvgIpc) is 3.14. The lowest BCUT2D eigenvalue weighted by Gasteiger charge is -1.98. The van der Waals surface area contributed by atoms with Gasteiger partial charge in [0.15, 0.2) is 17.2 Å². The van der Waals surface area contributed by atoms with Crippen LogP contribution in [0.5, 0.6) is 0 Å². The molecule has 3 rings (SSSR count). The molecule has 0 spiro atoms. The molecule has 10 heteroatoms. The first-order valence-corrected chi connectivity index (χ1v) is 6.22. The molecule has 0 saturated carbocycles. The largest absolute Gasteiger partial charge is 0.475 e. The Balaban J connectivity index is 2.04. The van der Waals surface area contributed by atoms with E-state index in [0.29, 0.717) is 4.68 Å². The third kappa shape index (κ3) is 2.41. The topological polar surface area (TPSA) is 148 Å². The van der Waals surface area contributed by atoms with E-state index >= 15 is 0 Å². The molecule has 3 N–H and O–H groups in total. The highest BCUT2D eigenvalue weighted by Crippen LogP contribution is 2.27. The minimum absolute atomic E-state index is 0.00876. The Bertz CT molecular complexity index is 946. The zero-order valence-electron chi connectivity index (χ0n) is 11.6. The fourth-order valence-electron chi connectivity index (χ4n) is 1.96. The first-order chi connectivity index (χ1) is 10.9. The van der Waals surface area contributed by atoms with E-state index in [2.05, 4.69) is 10.4 Å². The number of hydrogen-bond acceptors (Lipinski definition) is 6. The van der Waals surface area contributed by atoms with Crippen molar-refractivity contribution < 1.29 is 33.4 Å². The van der Waals surface area contributed by atoms with Gasteiger partial charge in [0.2, 0.25) is 5.76 Å². The quantitative estimate of drug-likeness (QED) is 0.663. The predicted molar refractivity (Wildman–Crippen MR) is 73.8 cm³/mol. The summed E-state index contributed by atoms with van der Waals surface area (Å²) in [5, 5.41) is 24.0. The van der Waals surface area contributed by atoms with Gasteiger partial charge in [-0.25, -0.2) is 9.59 Å². The number of carboxylic acids is 1. The summed E-state index contributed by atoms with van der Waals surface area (Å²) >= 11 is 0. The van der Waals surface area contributed by atoms with Crippen LogP contribution in [-0.2, 0) is 0 Å². The van der Waals surface area contributed by atoms with Crippen LogP contribution in [0.15, 0.2) is 27.2 Å². The van der Waals surface area contributed by atoms with Crippen molar-refractivity contribution in [2.45, 2.75) is 6.92 Å². The molecule has 0 radical (unpaired) electrons. The van der Waals surface area contributed by atoms with Gasteiger partial charge in [0.1, 0.15) is 5.52 Å². The number of nitrogens with zero attached hydrogens (tertiary/aromatic N) is 2. The molecule has 3 aromatic rings. The van der Waals surface area contributed by atoms with Crippen molar-refractivity contribution in [2.75, 3.05) is 5.32 Å². The van der Waals surface area contributed by atoms with E-state index in [0.717, 1.165) is 11.6 Å². The molecule has 0 aliphatic heterocycles. The number of hydrogen-bond donors (Lipinski definition) is 3. The Labute approximate surface area is 126 Å². The van der Waals surface area contributed by atoms with Gasteiger partial charge in [-0.2, -0.15) is 4.68 Å². The second-order valence-electron chi connectivity index (χ2n) is 4.62. The molecule has 0 aromatic carbocycles. The highest BCUT2D eigenvalue weighted by Gasteiger charge is 2.24. The summed E-state index contributed by atoms with van der Waals surface area (Å²) in [5.41, 5.74) is 0.463. The number of carboxylic acid groups (broad SMARTS) is 2. The first-order valence-electron chi connectivity index (χ1n) is 6.22. The number of nitrogens with one attached hydrogen (secondary N) is 1. The second kappa shape index (κ2) is 5.02. The summed E-state index contributed by atoms with van der Waals surface area (Å²) in [6, 6.07) is 2.48. The Morgan fingerprint density at radius 1 is 1.22 bits per heavy atom. The SMILES string of the molecule is Cc1coc(C(=O)Nc2nn(C(=O)O)c3cc(C(=O)O)oc23)c1. The Morgan fingerprint density at radius 2 is 1.96 bits per heavy atom. The number of furan rings is 2. The zero-order valence-corrected chi connectivity index (χ0v) is 11.6. The summed E-state index contributed by atoms with van der Waals surface area (Å²) < 4.78 is 10.6. The van der Waals surface area contributed by atoms with E-state index < -0.39 is 23.7 Å². The molecular weight excluding hydrogens is 310 g/mol. The lowest BCUT2D eigenvalue weighted by atomic mass is 10.3. The van der Waals surface area contributed by atoms with E-state index in [1.165, 1.54) is 12.3 Å². The van der Waals surface area contributed by atoms with E-state index in [4.69, 9.17) is 19.0 Å². The highest BCUT2D eigenvalue weighted by atomic mass is 16.4. The summed E-state index contributed by atoms with van der Waals surface area (Å²) in [4.78, 5) is 34.1. The molecule has 0 saturated heterocycles. The molecule has 23 heavy (non-hydrogen) atoms. The molecule has 118 valence electrons. The third-order valence-corrected chi connectivity index (χ3v) is 2.93. The van der Waals surface area contributed by atoms with Crippen LogP contribution in [0.1, 0.15) is 26.7 Å². The molecule has 1 amide bonds. The van der Waals surface area contributed by atoms with Gasteiger partial charge in [0.25, 0.3) is 5.91 Å². The number of rotatable bonds is 3. The normalized spacial score (nSPS) is 10.8. The van der Waals surface area contributed by atoms with Crippen molar-refractivity contribution in [3.63, 3.8) is 0 Å². The standard InChI is InChI=1S/C13H9N3O7/c1-5-2-7(22-4-5)11(17)14-10-9-6(16(15-10)13(20)21)3-8(23-9)12(18)19/h2-4H,1H3,(H,18,19)(H,20,21)(H,14,15,17). The van der Waals surface area contributed by atoms with Crippen LogP contribution in [0.2, 0.25) is 0 Å². The molecule has 3 aromatic heterocycles. The molecule has 3 heterocycles. The first kappa shape index (κ1) is 14.4. The lowest BCUT2D eigenvalue weighted by Crippen LogP contribution is -2.14. The molecule has 0 atom stereocenters. The van der Waals surface area contributed by atoms with Crippen LogP contribution in [0.25, 0.3) is 11.1 Å². The number of anilines is 1. The van der Waals surface area contributed by atoms with Crippen LogP contribution < -0.4 is 5.32 Å². The van der Waals surface area contributed by atoms with Crippen molar-refractivity contribution in [3.8, 4) is 0 Å². The number of amides is 1. The van der Waals surface area contributed by atoms with Gasteiger partial charge in [0.05, 0.1) is 6.26 Å². The zero-order chi connectivity index (χ0) is 16.7. The number of aromatic nitrogens is 2. The van der Waals surface area contributed by atoms with Crippen LogP contribution in [0.4, 0.5) is 10.6 Å². The van der Waals surface area contributed by atoms with Crippen LogP contribution in [0, 0.1) is 6.92 Å². The summed E-state index contributed by atoms with van der Waals surface area (Å²) in [6.07, 6.45) is -0.0856. The minimum Gasteiger partial charge on any atom is -0.475 e. The van der Waals surface area contributed by atoms with Crippen LogP contribution in [-0.4, -0.2) is 38.0 Å². The molecule has 0 fully saturated rings. The molecular formula is C13H9N3O7. The third-order valence-electron chi connectivity index (χ3n) is 2.93. The predicted octanol–water partition coefficient (Wildman–Crippen LogP) is 2.01. The van der Waals surface area contributed by atoms with E-state index in [-0.39, 0.29) is 22.7 Å². The van der Waals surface area contributed by atoms with Crippen molar-refractivity contribution in [3.05, 3.63) is 35.5 Å². The van der Waals surface area contributed by atoms with Gasteiger partial charge in [-0.15, -0.1) is 5.10 Å². The number of aryl methyl sites for hydroxylation is 1. The highest BCUT2D eigenvalue weighted by molar-refractivity contribution is 6.07. The lowest BCUT2D eigenvalue weighted by molar-refractivity contribution is 0.0665. The van der Waals surface area contributed by atoms with Crippen LogP contribution >= 0.6 is 0 Å². The van der Waals surface area contributed by atoms with Gasteiger partial charge < -0.3 is 19.0 Å². The number of aromatic carboxylic acids is 1.